The highest BCUT2D eigenvalue weighted by molar-refractivity contribution is 9.10. The van der Waals surface area contributed by atoms with Crippen LogP contribution in [-0.2, 0) is 13.5 Å². The molecule has 0 aliphatic carbocycles. The van der Waals surface area contributed by atoms with Crippen LogP contribution < -0.4 is 5.32 Å². The van der Waals surface area contributed by atoms with E-state index >= 15 is 0 Å². The Morgan fingerprint density at radius 1 is 1.40 bits per heavy atom. The summed E-state index contributed by atoms with van der Waals surface area (Å²) in [7, 11) is 1.93. The van der Waals surface area contributed by atoms with Gasteiger partial charge in [-0.15, -0.1) is 0 Å². The van der Waals surface area contributed by atoms with Crippen molar-refractivity contribution in [3.05, 3.63) is 51.2 Å². The van der Waals surface area contributed by atoms with Crippen molar-refractivity contribution < 1.29 is 0 Å². The zero-order valence-corrected chi connectivity index (χ0v) is 14.1. The van der Waals surface area contributed by atoms with E-state index in [-0.39, 0.29) is 6.04 Å². The Labute approximate surface area is 133 Å². The Morgan fingerprint density at radius 2 is 2.15 bits per heavy atom. The molecule has 2 aromatic rings. The second-order valence-electron chi connectivity index (χ2n) is 4.80. The van der Waals surface area contributed by atoms with Crippen molar-refractivity contribution in [2.24, 2.45) is 7.05 Å². The van der Waals surface area contributed by atoms with Gasteiger partial charge in [0.1, 0.15) is 0 Å². The summed E-state index contributed by atoms with van der Waals surface area (Å²) in [4.78, 5) is 0. The van der Waals surface area contributed by atoms with E-state index in [0.29, 0.717) is 5.02 Å². The number of rotatable bonds is 6. The lowest BCUT2D eigenvalue weighted by molar-refractivity contribution is 0.493. The molecule has 1 aromatic heterocycles. The lowest BCUT2D eigenvalue weighted by atomic mass is 10.0. The molecule has 0 bridgehead atoms. The maximum Gasteiger partial charge on any atom is 0.0834 e. The second kappa shape index (κ2) is 7.25. The quantitative estimate of drug-likeness (QED) is 0.844. The molecule has 108 valence electrons. The highest BCUT2D eigenvalue weighted by Gasteiger charge is 2.19. The van der Waals surface area contributed by atoms with Crippen molar-refractivity contribution in [2.75, 3.05) is 6.54 Å². The first-order chi connectivity index (χ1) is 9.63. The molecule has 0 aliphatic heterocycles. The highest BCUT2D eigenvalue weighted by atomic mass is 79.9. The summed E-state index contributed by atoms with van der Waals surface area (Å²) in [6.07, 6.45) is 3.67. The standard InChI is InChI=1S/C15H19BrClN3/c1-3-8-18-14(15-13(17)10-19-20(15)2)9-11-6-4-5-7-12(11)16/h4-7,10,14,18H,3,8-9H2,1-2H3. The van der Waals surface area contributed by atoms with E-state index in [2.05, 4.69) is 51.5 Å². The fourth-order valence-corrected chi connectivity index (χ4v) is 3.02. The molecule has 0 saturated carbocycles. The molecule has 1 heterocycles. The monoisotopic (exact) mass is 355 g/mol. The van der Waals surface area contributed by atoms with Crippen LogP contribution >= 0.6 is 27.5 Å². The highest BCUT2D eigenvalue weighted by Crippen LogP contribution is 2.27. The molecule has 0 radical (unpaired) electrons. The molecule has 0 amide bonds. The Morgan fingerprint density at radius 3 is 2.75 bits per heavy atom. The second-order valence-corrected chi connectivity index (χ2v) is 6.07. The van der Waals surface area contributed by atoms with Gasteiger partial charge in [0.2, 0.25) is 0 Å². The number of aryl methyl sites for hydroxylation is 1. The van der Waals surface area contributed by atoms with Crippen LogP contribution in [0.3, 0.4) is 0 Å². The van der Waals surface area contributed by atoms with Gasteiger partial charge in [-0.3, -0.25) is 4.68 Å². The Balaban J connectivity index is 2.27. The number of benzene rings is 1. The smallest absolute Gasteiger partial charge is 0.0834 e. The zero-order chi connectivity index (χ0) is 14.5. The fourth-order valence-electron chi connectivity index (χ4n) is 2.28. The van der Waals surface area contributed by atoms with Crippen LogP contribution in [0.1, 0.15) is 30.6 Å². The normalized spacial score (nSPS) is 12.6. The van der Waals surface area contributed by atoms with Crippen molar-refractivity contribution in [3.63, 3.8) is 0 Å². The molecule has 20 heavy (non-hydrogen) atoms. The number of aromatic nitrogens is 2. The van der Waals surface area contributed by atoms with E-state index in [1.54, 1.807) is 6.20 Å². The number of halogens is 2. The summed E-state index contributed by atoms with van der Waals surface area (Å²) in [5.74, 6) is 0. The number of hydrogen-bond donors (Lipinski definition) is 1. The summed E-state index contributed by atoms with van der Waals surface area (Å²) in [5, 5.41) is 8.52. The van der Waals surface area contributed by atoms with Crippen molar-refractivity contribution >= 4 is 27.5 Å². The molecular formula is C15H19BrClN3. The van der Waals surface area contributed by atoms with Gasteiger partial charge in [-0.2, -0.15) is 5.10 Å². The zero-order valence-electron chi connectivity index (χ0n) is 11.7. The molecule has 0 saturated heterocycles. The van der Waals surface area contributed by atoms with Gasteiger partial charge in [0.15, 0.2) is 0 Å². The fraction of sp³-hybridized carbons (Fsp3) is 0.400. The van der Waals surface area contributed by atoms with Crippen LogP contribution in [0.25, 0.3) is 0 Å². The lowest BCUT2D eigenvalue weighted by Crippen LogP contribution is -2.26. The third kappa shape index (κ3) is 3.62. The first kappa shape index (κ1) is 15.5. The van der Waals surface area contributed by atoms with Crippen LogP contribution in [0.5, 0.6) is 0 Å². The predicted octanol–water partition coefficient (Wildman–Crippen LogP) is 4.12. The van der Waals surface area contributed by atoms with E-state index in [1.165, 1.54) is 5.56 Å². The Hall–Kier alpha value is -0.840. The first-order valence-electron chi connectivity index (χ1n) is 6.77. The molecular weight excluding hydrogens is 338 g/mol. The average Bonchev–Trinajstić information content (AvgIpc) is 2.76. The van der Waals surface area contributed by atoms with Crippen molar-refractivity contribution in [3.8, 4) is 0 Å². The third-order valence-electron chi connectivity index (χ3n) is 3.29. The molecule has 0 spiro atoms. The first-order valence-corrected chi connectivity index (χ1v) is 7.94. The molecule has 0 fully saturated rings. The number of nitrogens with zero attached hydrogens (tertiary/aromatic N) is 2. The molecule has 1 aromatic carbocycles. The topological polar surface area (TPSA) is 29.9 Å². The number of hydrogen-bond acceptors (Lipinski definition) is 2. The molecule has 0 aliphatic rings. The molecule has 1 N–H and O–H groups in total. The molecule has 2 rings (SSSR count). The third-order valence-corrected chi connectivity index (χ3v) is 4.36. The minimum Gasteiger partial charge on any atom is -0.308 e. The summed E-state index contributed by atoms with van der Waals surface area (Å²) in [5.41, 5.74) is 2.30. The summed E-state index contributed by atoms with van der Waals surface area (Å²) >= 11 is 9.90. The maximum atomic E-state index is 6.29. The van der Waals surface area contributed by atoms with Crippen LogP contribution in [0.2, 0.25) is 5.02 Å². The Bertz CT molecular complexity index is 548. The van der Waals surface area contributed by atoms with Crippen molar-refractivity contribution in [2.45, 2.75) is 25.8 Å². The van der Waals surface area contributed by atoms with Gasteiger partial charge in [-0.25, -0.2) is 0 Å². The van der Waals surface area contributed by atoms with Crippen molar-refractivity contribution in [1.82, 2.24) is 15.1 Å². The van der Waals surface area contributed by atoms with E-state index in [0.717, 1.165) is 29.6 Å². The summed E-state index contributed by atoms with van der Waals surface area (Å²) in [6, 6.07) is 8.45. The maximum absolute atomic E-state index is 6.29. The van der Waals surface area contributed by atoms with E-state index < -0.39 is 0 Å². The van der Waals surface area contributed by atoms with Gasteiger partial charge < -0.3 is 5.32 Å². The van der Waals surface area contributed by atoms with Crippen LogP contribution in [0.15, 0.2) is 34.9 Å². The van der Waals surface area contributed by atoms with Gasteiger partial charge in [-0.1, -0.05) is 52.7 Å². The summed E-state index contributed by atoms with van der Waals surface area (Å²) in [6.45, 7) is 3.12. The SMILES string of the molecule is CCCNC(Cc1ccccc1Br)c1c(Cl)cnn1C. The lowest BCUT2D eigenvalue weighted by Gasteiger charge is -2.20. The predicted molar refractivity (Wildman–Crippen MR) is 87.1 cm³/mol. The van der Waals surface area contributed by atoms with E-state index in [1.807, 2.05) is 17.8 Å². The minimum atomic E-state index is 0.161. The van der Waals surface area contributed by atoms with Crippen LogP contribution in [-0.4, -0.2) is 16.3 Å². The molecule has 1 unspecified atom stereocenters. The van der Waals surface area contributed by atoms with Crippen LogP contribution in [0.4, 0.5) is 0 Å². The largest absolute Gasteiger partial charge is 0.308 e. The minimum absolute atomic E-state index is 0.161. The average molecular weight is 357 g/mol. The molecule has 5 heteroatoms. The molecule has 3 nitrogen and oxygen atoms in total. The van der Waals surface area contributed by atoms with Gasteiger partial charge in [0.25, 0.3) is 0 Å². The van der Waals surface area contributed by atoms with Crippen LogP contribution in [0, 0.1) is 0 Å². The summed E-state index contributed by atoms with van der Waals surface area (Å²) < 4.78 is 2.98. The molecule has 1 atom stereocenters. The van der Waals surface area contributed by atoms with E-state index in [4.69, 9.17) is 11.6 Å². The van der Waals surface area contributed by atoms with E-state index in [9.17, 15) is 0 Å². The van der Waals surface area contributed by atoms with Gasteiger partial charge in [0, 0.05) is 11.5 Å². The van der Waals surface area contributed by atoms with Gasteiger partial charge >= 0.3 is 0 Å². The van der Waals surface area contributed by atoms with Gasteiger partial charge in [0.05, 0.1) is 23.0 Å². The van der Waals surface area contributed by atoms with Gasteiger partial charge in [-0.05, 0) is 31.0 Å². The Kier molecular flexibility index (Phi) is 5.64. The number of nitrogens with one attached hydrogen (secondary N) is 1. The van der Waals surface area contributed by atoms with Crippen molar-refractivity contribution in [1.29, 1.82) is 0 Å².